The van der Waals surface area contributed by atoms with Crippen LogP contribution in [-0.2, 0) is 23.0 Å². The van der Waals surface area contributed by atoms with Crippen LogP contribution in [0.4, 0.5) is 0 Å². The highest BCUT2D eigenvalue weighted by Crippen LogP contribution is 2.20. The Morgan fingerprint density at radius 2 is 1.77 bits per heavy atom. The van der Waals surface area contributed by atoms with Gasteiger partial charge in [0.25, 0.3) is 0 Å². The predicted molar refractivity (Wildman–Crippen MR) is 116 cm³/mol. The van der Waals surface area contributed by atoms with E-state index in [0.717, 1.165) is 22.1 Å². The topological polar surface area (TPSA) is 102 Å². The highest BCUT2D eigenvalue weighted by atomic mass is 32.2. The van der Waals surface area contributed by atoms with Crippen LogP contribution in [0.3, 0.4) is 0 Å². The molecular weight excluding hydrogens is 424 g/mol. The van der Waals surface area contributed by atoms with Crippen LogP contribution in [-0.4, -0.2) is 45.1 Å². The second-order valence-electron chi connectivity index (χ2n) is 6.34. The quantitative estimate of drug-likeness (QED) is 0.434. The van der Waals surface area contributed by atoms with E-state index in [4.69, 9.17) is 9.47 Å². The van der Waals surface area contributed by atoms with Crippen LogP contribution < -0.4 is 19.5 Å². The first-order chi connectivity index (χ1) is 14.5. The molecule has 0 fully saturated rings. The molecule has 10 heteroatoms. The van der Waals surface area contributed by atoms with Gasteiger partial charge in [-0.1, -0.05) is 18.2 Å². The second-order valence-corrected chi connectivity index (χ2v) is 8.95. The van der Waals surface area contributed by atoms with Gasteiger partial charge in [-0.05, 0) is 41.9 Å². The van der Waals surface area contributed by atoms with Gasteiger partial charge in [-0.2, -0.15) is 4.37 Å². The minimum atomic E-state index is -3.55. The van der Waals surface area contributed by atoms with Gasteiger partial charge in [0, 0.05) is 31.6 Å². The van der Waals surface area contributed by atoms with Crippen molar-refractivity contribution in [3.63, 3.8) is 0 Å². The van der Waals surface area contributed by atoms with E-state index in [2.05, 4.69) is 19.4 Å². The number of aromatic nitrogens is 2. The first kappa shape index (κ1) is 22.2. The number of methoxy groups -OCH3 is 2. The molecule has 0 saturated carbocycles. The lowest BCUT2D eigenvalue weighted by Crippen LogP contribution is -2.31. The molecule has 2 aromatic carbocycles. The standard InChI is InChI=1S/C20H24N4O4S2/c1-27-16-7-9-17(10-8-16)30(25,26)22-12-11-21-14-20-23-19(24-29-20)13-15-5-3-4-6-18(15)28-2/h3-10,21-22H,11-14H2,1-2H3. The molecule has 30 heavy (non-hydrogen) atoms. The molecule has 0 aliphatic carbocycles. The highest BCUT2D eigenvalue weighted by molar-refractivity contribution is 7.89. The third-order valence-electron chi connectivity index (χ3n) is 4.29. The van der Waals surface area contributed by atoms with Crippen molar-refractivity contribution >= 4 is 21.6 Å². The van der Waals surface area contributed by atoms with E-state index in [-0.39, 0.29) is 11.4 Å². The van der Waals surface area contributed by atoms with E-state index in [1.165, 1.54) is 30.8 Å². The SMILES string of the molecule is COc1ccc(S(=O)(=O)NCCNCc2nc(Cc3ccccc3OC)ns2)cc1. The summed E-state index contributed by atoms with van der Waals surface area (Å²) in [4.78, 5) is 4.73. The van der Waals surface area contributed by atoms with Gasteiger partial charge in [-0.15, -0.1) is 0 Å². The minimum Gasteiger partial charge on any atom is -0.497 e. The van der Waals surface area contributed by atoms with E-state index >= 15 is 0 Å². The van der Waals surface area contributed by atoms with Crippen LogP contribution >= 0.6 is 11.5 Å². The Labute approximate surface area is 180 Å². The van der Waals surface area contributed by atoms with E-state index in [1.807, 2.05) is 24.3 Å². The number of benzene rings is 2. The molecule has 0 aliphatic heterocycles. The number of hydrogen-bond donors (Lipinski definition) is 2. The van der Waals surface area contributed by atoms with Crippen LogP contribution in [0, 0.1) is 0 Å². The highest BCUT2D eigenvalue weighted by Gasteiger charge is 2.13. The molecule has 3 rings (SSSR count). The van der Waals surface area contributed by atoms with Crippen molar-refractivity contribution < 1.29 is 17.9 Å². The number of rotatable bonds is 11. The molecule has 160 valence electrons. The Balaban J connectivity index is 1.43. The number of ether oxygens (including phenoxy) is 2. The van der Waals surface area contributed by atoms with Crippen molar-refractivity contribution in [3.05, 3.63) is 64.9 Å². The van der Waals surface area contributed by atoms with E-state index in [9.17, 15) is 8.42 Å². The maximum absolute atomic E-state index is 12.3. The molecule has 0 spiro atoms. The summed E-state index contributed by atoms with van der Waals surface area (Å²) < 4.78 is 41.9. The summed E-state index contributed by atoms with van der Waals surface area (Å²) in [6.07, 6.45) is 0.599. The van der Waals surface area contributed by atoms with Crippen LogP contribution in [0.5, 0.6) is 11.5 Å². The van der Waals surface area contributed by atoms with Crippen LogP contribution in [0.1, 0.15) is 16.4 Å². The van der Waals surface area contributed by atoms with Gasteiger partial charge < -0.3 is 14.8 Å². The molecule has 1 aromatic heterocycles. The zero-order chi connectivity index (χ0) is 21.4. The lowest BCUT2D eigenvalue weighted by atomic mass is 10.1. The Kier molecular flexibility index (Phi) is 7.75. The number of para-hydroxylation sites is 1. The van der Waals surface area contributed by atoms with Gasteiger partial charge in [-0.3, -0.25) is 0 Å². The van der Waals surface area contributed by atoms with Gasteiger partial charge in [-0.25, -0.2) is 18.1 Å². The van der Waals surface area contributed by atoms with Crippen molar-refractivity contribution in [1.82, 2.24) is 19.4 Å². The molecule has 0 saturated heterocycles. The lowest BCUT2D eigenvalue weighted by molar-refractivity contribution is 0.410. The zero-order valence-corrected chi connectivity index (χ0v) is 18.4. The molecule has 0 amide bonds. The number of hydrogen-bond acceptors (Lipinski definition) is 8. The van der Waals surface area contributed by atoms with E-state index in [0.29, 0.717) is 25.3 Å². The average molecular weight is 449 g/mol. The number of sulfonamides is 1. The Bertz CT molecular complexity index is 1050. The predicted octanol–water partition coefficient (Wildman–Crippen LogP) is 2.21. The summed E-state index contributed by atoms with van der Waals surface area (Å²) in [7, 11) is -0.371. The molecule has 8 nitrogen and oxygen atoms in total. The average Bonchev–Trinajstić information content (AvgIpc) is 3.21. The fraction of sp³-hybridized carbons (Fsp3) is 0.300. The lowest BCUT2D eigenvalue weighted by Gasteiger charge is -2.08. The third kappa shape index (κ3) is 5.99. The number of nitrogens with one attached hydrogen (secondary N) is 2. The fourth-order valence-electron chi connectivity index (χ4n) is 2.76. The summed E-state index contributed by atoms with van der Waals surface area (Å²) in [6, 6.07) is 14.0. The zero-order valence-electron chi connectivity index (χ0n) is 16.8. The maximum Gasteiger partial charge on any atom is 0.240 e. The first-order valence-corrected chi connectivity index (χ1v) is 11.6. The summed E-state index contributed by atoms with van der Waals surface area (Å²) in [5, 5.41) is 4.03. The fourth-order valence-corrected chi connectivity index (χ4v) is 4.42. The smallest absolute Gasteiger partial charge is 0.240 e. The van der Waals surface area contributed by atoms with E-state index < -0.39 is 10.0 Å². The van der Waals surface area contributed by atoms with Crippen LogP contribution in [0.2, 0.25) is 0 Å². The largest absolute Gasteiger partial charge is 0.497 e. The second kappa shape index (κ2) is 10.5. The molecule has 0 aliphatic rings. The summed E-state index contributed by atoms with van der Waals surface area (Å²) in [5.74, 6) is 2.16. The van der Waals surface area contributed by atoms with Gasteiger partial charge in [0.05, 0.1) is 19.1 Å². The van der Waals surface area contributed by atoms with Gasteiger partial charge in [0.1, 0.15) is 22.3 Å². The summed E-state index contributed by atoms with van der Waals surface area (Å²) in [5.41, 5.74) is 1.03. The normalized spacial score (nSPS) is 11.4. The molecular formula is C20H24N4O4S2. The first-order valence-electron chi connectivity index (χ1n) is 9.29. The molecule has 2 N–H and O–H groups in total. The summed E-state index contributed by atoms with van der Waals surface area (Å²) in [6.45, 7) is 1.26. The van der Waals surface area contributed by atoms with E-state index in [1.54, 1.807) is 19.2 Å². The van der Waals surface area contributed by atoms with Crippen molar-refractivity contribution in [2.45, 2.75) is 17.9 Å². The Hall–Kier alpha value is -2.53. The molecule has 1 heterocycles. The van der Waals surface area contributed by atoms with Crippen molar-refractivity contribution in [2.75, 3.05) is 27.3 Å². The van der Waals surface area contributed by atoms with Crippen LogP contribution in [0.25, 0.3) is 0 Å². The molecule has 0 bridgehead atoms. The van der Waals surface area contributed by atoms with Crippen molar-refractivity contribution in [1.29, 1.82) is 0 Å². The van der Waals surface area contributed by atoms with Crippen molar-refractivity contribution in [3.8, 4) is 11.5 Å². The molecule has 3 aromatic rings. The van der Waals surface area contributed by atoms with Gasteiger partial charge in [0.15, 0.2) is 0 Å². The molecule has 0 unspecified atom stereocenters. The number of nitrogens with zero attached hydrogens (tertiary/aromatic N) is 2. The monoisotopic (exact) mass is 448 g/mol. The maximum atomic E-state index is 12.3. The van der Waals surface area contributed by atoms with Gasteiger partial charge >= 0.3 is 0 Å². The Morgan fingerprint density at radius 3 is 2.50 bits per heavy atom. The van der Waals surface area contributed by atoms with Crippen LogP contribution in [0.15, 0.2) is 53.4 Å². The van der Waals surface area contributed by atoms with Gasteiger partial charge in [0.2, 0.25) is 10.0 Å². The summed E-state index contributed by atoms with van der Waals surface area (Å²) >= 11 is 1.33. The molecule has 0 atom stereocenters. The Morgan fingerprint density at radius 1 is 1.00 bits per heavy atom. The van der Waals surface area contributed by atoms with Crippen molar-refractivity contribution in [2.24, 2.45) is 0 Å². The molecule has 0 radical (unpaired) electrons. The minimum absolute atomic E-state index is 0.202. The third-order valence-corrected chi connectivity index (χ3v) is 6.52.